The van der Waals surface area contributed by atoms with E-state index in [-0.39, 0.29) is 10.9 Å². The first kappa shape index (κ1) is 21.4. The zero-order valence-electron chi connectivity index (χ0n) is 14.6. The first-order valence-corrected chi connectivity index (χ1v) is 8.51. The summed E-state index contributed by atoms with van der Waals surface area (Å²) < 4.78 is 79.4. The van der Waals surface area contributed by atoms with E-state index < -0.39 is 41.8 Å². The van der Waals surface area contributed by atoms with Gasteiger partial charge >= 0.3 is 12.4 Å². The molecule has 0 spiro atoms. The van der Waals surface area contributed by atoms with Crippen LogP contribution in [0.15, 0.2) is 24.3 Å². The largest absolute Gasteiger partial charge is 0.433 e. The summed E-state index contributed by atoms with van der Waals surface area (Å²) in [5, 5.41) is 12.5. The highest BCUT2D eigenvalue weighted by Crippen LogP contribution is 2.38. The van der Waals surface area contributed by atoms with Gasteiger partial charge in [-0.3, -0.25) is 0 Å². The minimum absolute atomic E-state index is 0.0579. The van der Waals surface area contributed by atoms with Gasteiger partial charge in [-0.25, -0.2) is 4.98 Å². The zero-order chi connectivity index (χ0) is 20.2. The molecule has 27 heavy (non-hydrogen) atoms. The minimum Gasteiger partial charge on any atom is -0.394 e. The fourth-order valence-corrected chi connectivity index (χ4v) is 2.86. The Bertz CT molecular complexity index is 773. The lowest BCUT2D eigenvalue weighted by atomic mass is 9.98. The van der Waals surface area contributed by atoms with E-state index in [9.17, 15) is 31.4 Å². The molecule has 0 bridgehead atoms. The van der Waals surface area contributed by atoms with Crippen molar-refractivity contribution in [2.45, 2.75) is 44.6 Å². The molecule has 1 atom stereocenters. The van der Waals surface area contributed by atoms with Gasteiger partial charge in [0.1, 0.15) is 5.69 Å². The summed E-state index contributed by atoms with van der Waals surface area (Å²) in [5.74, 6) is 0. The number of hydrogen-bond donors (Lipinski definition) is 2. The summed E-state index contributed by atoms with van der Waals surface area (Å²) in [4.78, 5) is 3.25. The standard InChI is InChI=1S/C18H20F6N2O/c1-2-3-4-8-25-14(10-27)12-9-15(18(22,23)24)26-16-11(12)6-5-7-13(16)17(19,20)21/h5-7,9,14,25,27H,2-4,8,10H2,1H3/t14-/m0/s1. The molecular formula is C18H20F6N2O. The van der Waals surface area contributed by atoms with Crippen LogP contribution in [0, 0.1) is 0 Å². The second kappa shape index (κ2) is 8.43. The van der Waals surface area contributed by atoms with Crippen LogP contribution in [0.1, 0.15) is 49.0 Å². The maximum absolute atomic E-state index is 13.3. The van der Waals surface area contributed by atoms with Gasteiger partial charge in [0, 0.05) is 5.39 Å². The lowest BCUT2D eigenvalue weighted by molar-refractivity contribution is -0.142. The lowest BCUT2D eigenvalue weighted by Crippen LogP contribution is -2.26. The number of rotatable bonds is 7. The third-order valence-electron chi connectivity index (χ3n) is 4.20. The van der Waals surface area contributed by atoms with Crippen LogP contribution in [0.3, 0.4) is 0 Å². The summed E-state index contributed by atoms with van der Waals surface area (Å²) in [6, 6.07) is 2.87. The minimum atomic E-state index is -4.91. The SMILES string of the molecule is CCCCCN[C@@H](CO)c1cc(C(F)(F)F)nc2c(C(F)(F)F)cccc12. The quantitative estimate of drug-likeness (QED) is 0.508. The molecule has 2 aromatic rings. The van der Waals surface area contributed by atoms with Crippen LogP contribution in [-0.2, 0) is 12.4 Å². The van der Waals surface area contributed by atoms with Crippen molar-refractivity contribution >= 4 is 10.9 Å². The van der Waals surface area contributed by atoms with E-state index in [1.54, 1.807) is 0 Å². The van der Waals surface area contributed by atoms with Gasteiger partial charge in [-0.1, -0.05) is 31.9 Å². The molecule has 0 fully saturated rings. The summed E-state index contributed by atoms with van der Waals surface area (Å²) in [6.07, 6.45) is -7.22. The first-order valence-electron chi connectivity index (χ1n) is 8.51. The van der Waals surface area contributed by atoms with Gasteiger partial charge in [0.15, 0.2) is 0 Å². The zero-order valence-corrected chi connectivity index (χ0v) is 14.6. The lowest BCUT2D eigenvalue weighted by Gasteiger charge is -2.21. The Morgan fingerprint density at radius 3 is 2.33 bits per heavy atom. The van der Waals surface area contributed by atoms with Gasteiger partial charge in [0.2, 0.25) is 0 Å². The summed E-state index contributed by atoms with van der Waals surface area (Å²) >= 11 is 0. The Morgan fingerprint density at radius 1 is 1.07 bits per heavy atom. The molecule has 3 nitrogen and oxygen atoms in total. The molecular weight excluding hydrogens is 374 g/mol. The fourth-order valence-electron chi connectivity index (χ4n) is 2.86. The Balaban J connectivity index is 2.62. The van der Waals surface area contributed by atoms with Crippen LogP contribution in [0.25, 0.3) is 10.9 Å². The van der Waals surface area contributed by atoms with Crippen molar-refractivity contribution in [1.82, 2.24) is 10.3 Å². The monoisotopic (exact) mass is 394 g/mol. The number of hydrogen-bond acceptors (Lipinski definition) is 3. The molecule has 1 aromatic heterocycles. The molecule has 1 aromatic carbocycles. The van der Waals surface area contributed by atoms with Crippen molar-refractivity contribution in [2.24, 2.45) is 0 Å². The van der Waals surface area contributed by atoms with Crippen molar-refractivity contribution in [2.75, 3.05) is 13.2 Å². The van der Waals surface area contributed by atoms with Crippen molar-refractivity contribution in [1.29, 1.82) is 0 Å². The molecule has 0 saturated carbocycles. The topological polar surface area (TPSA) is 45.1 Å². The molecule has 2 rings (SSSR count). The summed E-state index contributed by atoms with van der Waals surface area (Å²) in [7, 11) is 0. The highest BCUT2D eigenvalue weighted by Gasteiger charge is 2.38. The number of fused-ring (bicyclic) bond motifs is 1. The predicted molar refractivity (Wildman–Crippen MR) is 89.1 cm³/mol. The van der Waals surface area contributed by atoms with Crippen LogP contribution >= 0.6 is 0 Å². The van der Waals surface area contributed by atoms with Gasteiger partial charge in [-0.05, 0) is 30.7 Å². The van der Waals surface area contributed by atoms with Gasteiger partial charge in [-0.15, -0.1) is 0 Å². The number of benzene rings is 1. The van der Waals surface area contributed by atoms with Crippen molar-refractivity contribution in [3.05, 3.63) is 41.1 Å². The van der Waals surface area contributed by atoms with Crippen molar-refractivity contribution in [3.63, 3.8) is 0 Å². The van der Waals surface area contributed by atoms with E-state index in [0.29, 0.717) is 18.7 Å². The van der Waals surface area contributed by atoms with E-state index >= 15 is 0 Å². The Labute approximate surface area is 152 Å². The molecule has 0 unspecified atom stereocenters. The number of nitrogens with zero attached hydrogens (tertiary/aromatic N) is 1. The Morgan fingerprint density at radius 2 is 1.78 bits per heavy atom. The summed E-state index contributed by atoms with van der Waals surface area (Å²) in [5.41, 5.74) is -3.49. The normalized spacial score (nSPS) is 13.9. The molecule has 0 aliphatic carbocycles. The molecule has 150 valence electrons. The van der Waals surface area contributed by atoms with Gasteiger partial charge in [0.25, 0.3) is 0 Å². The average Bonchev–Trinajstić information content (AvgIpc) is 2.59. The molecule has 0 amide bonds. The number of halogens is 6. The highest BCUT2D eigenvalue weighted by molar-refractivity contribution is 5.86. The van der Waals surface area contributed by atoms with Crippen molar-refractivity contribution < 1.29 is 31.4 Å². The van der Waals surface area contributed by atoms with Crippen LogP contribution in [0.4, 0.5) is 26.3 Å². The molecule has 0 saturated heterocycles. The molecule has 0 aliphatic heterocycles. The van der Waals surface area contributed by atoms with Crippen LogP contribution in [0.2, 0.25) is 0 Å². The molecule has 0 radical (unpaired) electrons. The smallest absolute Gasteiger partial charge is 0.394 e. The van der Waals surface area contributed by atoms with Crippen LogP contribution in [-0.4, -0.2) is 23.2 Å². The number of aliphatic hydroxyl groups is 1. The number of aromatic nitrogens is 1. The molecule has 2 N–H and O–H groups in total. The number of para-hydroxylation sites is 1. The number of unbranched alkanes of at least 4 members (excludes halogenated alkanes) is 2. The van der Waals surface area contributed by atoms with E-state index in [1.807, 2.05) is 6.92 Å². The van der Waals surface area contributed by atoms with Gasteiger partial charge in [0.05, 0.1) is 23.7 Å². The molecule has 9 heteroatoms. The number of aliphatic hydroxyl groups excluding tert-OH is 1. The predicted octanol–water partition coefficient (Wildman–Crippen LogP) is 5.09. The van der Waals surface area contributed by atoms with E-state index in [0.717, 1.165) is 25.3 Å². The maximum atomic E-state index is 13.3. The van der Waals surface area contributed by atoms with E-state index in [2.05, 4.69) is 10.3 Å². The second-order valence-corrected chi connectivity index (χ2v) is 6.19. The average molecular weight is 394 g/mol. The summed E-state index contributed by atoms with van der Waals surface area (Å²) in [6.45, 7) is 1.84. The van der Waals surface area contributed by atoms with Crippen LogP contribution < -0.4 is 5.32 Å². The Kier molecular flexibility index (Phi) is 6.69. The van der Waals surface area contributed by atoms with Gasteiger partial charge < -0.3 is 10.4 Å². The second-order valence-electron chi connectivity index (χ2n) is 6.19. The molecule has 1 heterocycles. The van der Waals surface area contributed by atoms with Crippen LogP contribution in [0.5, 0.6) is 0 Å². The fraction of sp³-hybridized carbons (Fsp3) is 0.500. The highest BCUT2D eigenvalue weighted by atomic mass is 19.4. The maximum Gasteiger partial charge on any atom is 0.433 e. The van der Waals surface area contributed by atoms with Gasteiger partial charge in [-0.2, -0.15) is 26.3 Å². The third kappa shape index (κ3) is 5.10. The number of alkyl halides is 6. The Hall–Kier alpha value is -1.87. The van der Waals surface area contributed by atoms with E-state index in [4.69, 9.17) is 0 Å². The number of pyridine rings is 1. The first-order chi connectivity index (χ1) is 12.6. The third-order valence-corrected chi connectivity index (χ3v) is 4.20. The van der Waals surface area contributed by atoms with Crippen molar-refractivity contribution in [3.8, 4) is 0 Å². The number of nitrogens with one attached hydrogen (secondary N) is 1. The molecule has 0 aliphatic rings. The van der Waals surface area contributed by atoms with E-state index in [1.165, 1.54) is 6.07 Å².